The van der Waals surface area contributed by atoms with Crippen LogP contribution in [0.15, 0.2) is 211 Å². The Kier molecular flexibility index (Phi) is 7.92. The number of fused-ring (bicyclic) bond motifs is 10. The van der Waals surface area contributed by atoms with E-state index in [0.29, 0.717) is 23.2 Å². The molecule has 300 valence electrons. The van der Waals surface area contributed by atoms with E-state index in [0.717, 1.165) is 105 Å². The quantitative estimate of drug-likeness (QED) is 0.169. The van der Waals surface area contributed by atoms with Gasteiger partial charge in [0.05, 0.1) is 33.4 Å². The molecule has 0 amide bonds. The molecule has 13 aromatic rings. The molecule has 0 aliphatic rings. The lowest BCUT2D eigenvalue weighted by Crippen LogP contribution is -2.03. The van der Waals surface area contributed by atoms with Crippen LogP contribution in [0.2, 0.25) is 0 Å². The van der Waals surface area contributed by atoms with Gasteiger partial charge in [0, 0.05) is 54.7 Å². The van der Waals surface area contributed by atoms with Crippen molar-refractivity contribution in [3.8, 4) is 56.7 Å². The highest BCUT2D eigenvalue weighted by Crippen LogP contribution is 2.44. The predicted octanol–water partition coefficient (Wildman–Crippen LogP) is 14.2. The van der Waals surface area contributed by atoms with Crippen molar-refractivity contribution in [1.82, 2.24) is 24.1 Å². The molecule has 2 N–H and O–H groups in total. The van der Waals surface area contributed by atoms with Gasteiger partial charge in [-0.15, -0.1) is 0 Å². The van der Waals surface area contributed by atoms with Crippen LogP contribution < -0.4 is 5.73 Å². The molecule has 0 aliphatic carbocycles. The van der Waals surface area contributed by atoms with Gasteiger partial charge in [-0.2, -0.15) is 0 Å². The first-order chi connectivity index (χ1) is 31.7. The third-order valence-corrected chi connectivity index (χ3v) is 12.5. The minimum absolute atomic E-state index is 0.542. The molecule has 7 heteroatoms. The lowest BCUT2D eigenvalue weighted by Gasteiger charge is -2.15. The summed E-state index contributed by atoms with van der Waals surface area (Å²) in [6.45, 7) is 0. The van der Waals surface area contributed by atoms with E-state index in [1.165, 1.54) is 0 Å². The number of nitrogens with two attached hydrogens (primary N) is 1. The summed E-state index contributed by atoms with van der Waals surface area (Å²) in [6.07, 6.45) is 0. The molecule has 64 heavy (non-hydrogen) atoms. The van der Waals surface area contributed by atoms with Gasteiger partial charge in [0.15, 0.2) is 17.5 Å². The Morgan fingerprint density at radius 2 is 0.984 bits per heavy atom. The topological polar surface area (TPSA) is 87.7 Å². The second-order valence-electron chi connectivity index (χ2n) is 16.2. The summed E-state index contributed by atoms with van der Waals surface area (Å²) in [6, 6.07) is 71.4. The lowest BCUT2D eigenvalue weighted by atomic mass is 9.99. The first kappa shape index (κ1) is 35.9. The molecular formula is C57H36N6O. The number of nitrogen functional groups attached to an aromatic ring is 1. The van der Waals surface area contributed by atoms with Crippen molar-refractivity contribution in [2.75, 3.05) is 5.73 Å². The zero-order chi connectivity index (χ0) is 42.3. The number of hydrogen-bond acceptors (Lipinski definition) is 5. The molecule has 0 spiro atoms. The fraction of sp³-hybridized carbons (Fsp3) is 0. The zero-order valence-corrected chi connectivity index (χ0v) is 34.4. The lowest BCUT2D eigenvalue weighted by molar-refractivity contribution is 0.669. The Morgan fingerprint density at radius 3 is 1.77 bits per heavy atom. The van der Waals surface area contributed by atoms with Crippen molar-refractivity contribution >= 4 is 71.2 Å². The summed E-state index contributed by atoms with van der Waals surface area (Å²) in [4.78, 5) is 15.3. The van der Waals surface area contributed by atoms with E-state index >= 15 is 0 Å². The molecule has 0 aliphatic heterocycles. The van der Waals surface area contributed by atoms with Crippen LogP contribution in [0.25, 0.3) is 122 Å². The van der Waals surface area contributed by atoms with E-state index in [1.54, 1.807) is 0 Å². The first-order valence-corrected chi connectivity index (χ1v) is 21.4. The smallest absolute Gasteiger partial charge is 0.164 e. The van der Waals surface area contributed by atoms with Gasteiger partial charge >= 0.3 is 0 Å². The van der Waals surface area contributed by atoms with Crippen LogP contribution in [0, 0.1) is 0 Å². The monoisotopic (exact) mass is 820 g/mol. The van der Waals surface area contributed by atoms with Gasteiger partial charge in [0.1, 0.15) is 11.2 Å². The number of furan rings is 1. The molecular weight excluding hydrogens is 785 g/mol. The van der Waals surface area contributed by atoms with E-state index in [-0.39, 0.29) is 0 Å². The van der Waals surface area contributed by atoms with E-state index in [1.807, 2.05) is 78.9 Å². The molecule has 0 atom stereocenters. The van der Waals surface area contributed by atoms with Crippen molar-refractivity contribution in [3.05, 3.63) is 206 Å². The third-order valence-electron chi connectivity index (χ3n) is 12.5. The summed E-state index contributed by atoms with van der Waals surface area (Å²) >= 11 is 0. The van der Waals surface area contributed by atoms with Gasteiger partial charge in [-0.05, 0) is 71.8 Å². The fourth-order valence-corrected chi connectivity index (χ4v) is 9.68. The average Bonchev–Trinajstić information content (AvgIpc) is 4.02. The van der Waals surface area contributed by atoms with E-state index < -0.39 is 0 Å². The van der Waals surface area contributed by atoms with E-state index in [4.69, 9.17) is 25.1 Å². The Hall–Kier alpha value is -8.81. The van der Waals surface area contributed by atoms with Crippen molar-refractivity contribution in [2.24, 2.45) is 0 Å². The molecule has 0 saturated carbocycles. The van der Waals surface area contributed by atoms with Crippen LogP contribution in [0.1, 0.15) is 0 Å². The second kappa shape index (κ2) is 14.1. The molecule has 7 nitrogen and oxygen atoms in total. The van der Waals surface area contributed by atoms with Crippen LogP contribution in [-0.4, -0.2) is 24.1 Å². The fourth-order valence-electron chi connectivity index (χ4n) is 9.68. The average molecular weight is 821 g/mol. The van der Waals surface area contributed by atoms with Gasteiger partial charge < -0.3 is 19.3 Å². The highest BCUT2D eigenvalue weighted by Gasteiger charge is 2.23. The number of anilines is 1. The van der Waals surface area contributed by atoms with E-state index in [9.17, 15) is 0 Å². The highest BCUT2D eigenvalue weighted by atomic mass is 16.3. The van der Waals surface area contributed by atoms with Crippen molar-refractivity contribution in [2.45, 2.75) is 0 Å². The summed E-state index contributed by atoms with van der Waals surface area (Å²) < 4.78 is 10.9. The van der Waals surface area contributed by atoms with Gasteiger partial charge in [-0.3, -0.25) is 0 Å². The van der Waals surface area contributed by atoms with Crippen LogP contribution in [0.4, 0.5) is 5.69 Å². The SMILES string of the molecule is Nc1cc(-c2nc(-c3ccccc3)nc(-c3ccccc3-c3ccccc3)n2)ccc1-n1c2ccccc2c2ccc3c(c4ccccc4n3-c3ccc4oc5ccccc5c4c3)c21. The van der Waals surface area contributed by atoms with Gasteiger partial charge in [-0.1, -0.05) is 146 Å². The highest BCUT2D eigenvalue weighted by molar-refractivity contribution is 6.26. The maximum atomic E-state index is 7.27. The molecule has 0 bridgehead atoms. The van der Waals surface area contributed by atoms with Gasteiger partial charge in [-0.25, -0.2) is 15.0 Å². The Bertz CT molecular complexity index is 3980. The van der Waals surface area contributed by atoms with Gasteiger partial charge in [0.25, 0.3) is 0 Å². The number of benzene rings is 9. The summed E-state index contributed by atoms with van der Waals surface area (Å²) in [5.74, 6) is 1.72. The number of hydrogen-bond donors (Lipinski definition) is 1. The van der Waals surface area contributed by atoms with Crippen molar-refractivity contribution in [3.63, 3.8) is 0 Å². The van der Waals surface area contributed by atoms with Crippen molar-refractivity contribution in [1.29, 1.82) is 0 Å². The summed E-state index contributed by atoms with van der Waals surface area (Å²) in [7, 11) is 0. The summed E-state index contributed by atoms with van der Waals surface area (Å²) in [5.41, 5.74) is 20.7. The molecule has 0 fully saturated rings. The van der Waals surface area contributed by atoms with Crippen molar-refractivity contribution < 1.29 is 4.42 Å². The maximum absolute atomic E-state index is 7.27. The molecule has 13 rings (SSSR count). The minimum atomic E-state index is 0.542. The zero-order valence-electron chi connectivity index (χ0n) is 34.4. The van der Waals surface area contributed by atoms with Crippen LogP contribution >= 0.6 is 0 Å². The van der Waals surface area contributed by atoms with E-state index in [2.05, 4.69) is 137 Å². The minimum Gasteiger partial charge on any atom is -0.456 e. The molecule has 4 heterocycles. The standard InChI is InChI=1S/C57H36N6O/c58-46-33-37(56-59-55(36-17-5-2-6-18-36)60-57(61-56)43-22-8-7-19-39(43)35-15-3-1-4-16-35)27-30-49(46)63-47-24-12-9-20-40(47)42-29-31-50-53(54(42)63)44-23-10-13-25-48(44)62(50)38-28-32-52-45(34-38)41-21-11-14-26-51(41)64-52/h1-34H,58H2. The first-order valence-electron chi connectivity index (χ1n) is 21.4. The largest absolute Gasteiger partial charge is 0.456 e. The van der Waals surface area contributed by atoms with Crippen LogP contribution in [-0.2, 0) is 0 Å². The molecule has 4 aromatic heterocycles. The second-order valence-corrected chi connectivity index (χ2v) is 16.2. The third kappa shape index (κ3) is 5.51. The predicted molar refractivity (Wildman–Crippen MR) is 262 cm³/mol. The maximum Gasteiger partial charge on any atom is 0.164 e. The summed E-state index contributed by atoms with van der Waals surface area (Å²) in [5, 5.41) is 6.79. The number of aromatic nitrogens is 5. The molecule has 9 aromatic carbocycles. The molecule has 0 radical (unpaired) electrons. The molecule has 0 saturated heterocycles. The van der Waals surface area contributed by atoms with Crippen LogP contribution in [0.3, 0.4) is 0 Å². The Balaban J connectivity index is 1.02. The number of nitrogens with zero attached hydrogens (tertiary/aromatic N) is 5. The Labute approximate surface area is 366 Å². The van der Waals surface area contributed by atoms with Gasteiger partial charge in [0.2, 0.25) is 0 Å². The molecule has 0 unspecified atom stereocenters. The Morgan fingerprint density at radius 1 is 0.375 bits per heavy atom. The number of para-hydroxylation sites is 3. The normalized spacial score (nSPS) is 11.8. The number of rotatable bonds is 6. The van der Waals surface area contributed by atoms with Crippen LogP contribution in [0.5, 0.6) is 0 Å².